The van der Waals surface area contributed by atoms with Crippen LogP contribution in [0.3, 0.4) is 0 Å². The smallest absolute Gasteiger partial charge is 0.342 e. The highest BCUT2D eigenvalue weighted by Crippen LogP contribution is 2.29. The van der Waals surface area contributed by atoms with E-state index in [-0.39, 0.29) is 60.0 Å². The first-order valence-corrected chi connectivity index (χ1v) is 10.1. The Morgan fingerprint density at radius 3 is 2.76 bits per heavy atom. The number of carbonyl (C=O) groups excluding carboxylic acids is 2. The normalized spacial score (nSPS) is 11.1. The number of nitrogen functional groups attached to an aromatic ring is 1. The number of rotatable bonds is 7. The zero-order chi connectivity index (χ0) is 23.5. The van der Waals surface area contributed by atoms with Gasteiger partial charge in [-0.15, -0.1) is 5.10 Å². The molecular formula is C21H20N6O6. The first-order chi connectivity index (χ1) is 15.9. The second kappa shape index (κ2) is 9.02. The topological polar surface area (TPSA) is 165 Å². The van der Waals surface area contributed by atoms with Crippen molar-refractivity contribution in [1.82, 2.24) is 25.0 Å². The van der Waals surface area contributed by atoms with Crippen molar-refractivity contribution in [3.05, 3.63) is 51.8 Å². The fourth-order valence-electron chi connectivity index (χ4n) is 3.28. The number of esters is 2. The van der Waals surface area contributed by atoms with E-state index in [1.54, 1.807) is 38.1 Å². The molecule has 4 rings (SSSR count). The summed E-state index contributed by atoms with van der Waals surface area (Å²) in [6.45, 7) is 3.19. The molecule has 0 unspecified atom stereocenters. The molecule has 3 aromatic heterocycles. The van der Waals surface area contributed by atoms with Crippen LogP contribution in [0.15, 0.2) is 33.5 Å². The largest absolute Gasteiger partial charge is 0.462 e. The summed E-state index contributed by atoms with van der Waals surface area (Å²) in [6, 6.07) is 6.80. The number of hydrogen-bond acceptors (Lipinski definition) is 11. The van der Waals surface area contributed by atoms with Gasteiger partial charge in [-0.25, -0.2) is 14.5 Å². The molecule has 12 heteroatoms. The van der Waals surface area contributed by atoms with E-state index in [4.69, 9.17) is 19.6 Å². The number of carbonyl (C=O) groups is 2. The summed E-state index contributed by atoms with van der Waals surface area (Å²) in [5.74, 6) is -0.790. The molecule has 0 aliphatic carbocycles. The van der Waals surface area contributed by atoms with Crippen molar-refractivity contribution in [2.24, 2.45) is 0 Å². The lowest BCUT2D eigenvalue weighted by Gasteiger charge is -2.06. The van der Waals surface area contributed by atoms with Gasteiger partial charge in [-0.3, -0.25) is 9.59 Å². The summed E-state index contributed by atoms with van der Waals surface area (Å²) in [5.41, 5.74) is 6.38. The number of hydrogen-bond donors (Lipinski definition) is 1. The van der Waals surface area contributed by atoms with Crippen molar-refractivity contribution in [3.8, 4) is 0 Å². The molecule has 3 heterocycles. The third-order valence-electron chi connectivity index (χ3n) is 4.80. The first-order valence-electron chi connectivity index (χ1n) is 10.1. The van der Waals surface area contributed by atoms with Crippen LogP contribution in [0.2, 0.25) is 0 Å². The van der Waals surface area contributed by atoms with Crippen LogP contribution in [0.5, 0.6) is 0 Å². The minimum atomic E-state index is -0.595. The van der Waals surface area contributed by atoms with Crippen LogP contribution in [-0.2, 0) is 27.4 Å². The van der Waals surface area contributed by atoms with Crippen molar-refractivity contribution in [2.45, 2.75) is 33.4 Å². The molecule has 12 nitrogen and oxygen atoms in total. The SMILES string of the molecule is CCOC(=O)c1c(C)oc2nc(COC(=O)CCn3nnc4ccccc4c3=O)nc(N)c12. The lowest BCUT2D eigenvalue weighted by Crippen LogP contribution is -2.25. The van der Waals surface area contributed by atoms with Crippen LogP contribution in [0.25, 0.3) is 22.0 Å². The Balaban J connectivity index is 1.43. The highest BCUT2D eigenvalue weighted by Gasteiger charge is 2.24. The van der Waals surface area contributed by atoms with Crippen LogP contribution < -0.4 is 11.3 Å². The quantitative estimate of drug-likeness (QED) is 0.404. The maximum atomic E-state index is 12.4. The molecular weight excluding hydrogens is 432 g/mol. The summed E-state index contributed by atoms with van der Waals surface area (Å²) < 4.78 is 16.8. The third-order valence-corrected chi connectivity index (χ3v) is 4.80. The second-order valence-electron chi connectivity index (χ2n) is 7.00. The minimum Gasteiger partial charge on any atom is -0.462 e. The fraction of sp³-hybridized carbons (Fsp3) is 0.286. The number of nitrogens with zero attached hydrogens (tertiary/aromatic N) is 5. The van der Waals surface area contributed by atoms with Crippen molar-refractivity contribution in [2.75, 3.05) is 12.3 Å². The molecule has 0 fully saturated rings. The summed E-state index contributed by atoms with van der Waals surface area (Å²) in [4.78, 5) is 45.1. The molecule has 0 aliphatic rings. The van der Waals surface area contributed by atoms with Gasteiger partial charge >= 0.3 is 11.9 Å². The van der Waals surface area contributed by atoms with E-state index in [1.807, 2.05) is 0 Å². The van der Waals surface area contributed by atoms with Gasteiger partial charge in [-0.2, -0.15) is 4.98 Å². The number of anilines is 1. The standard InChI is InChI=1S/C21H20N6O6/c1-3-31-21(30)16-11(2)33-19-17(16)18(22)23-14(24-19)10-32-15(28)8-9-27-20(29)12-6-4-5-7-13(12)25-26-27/h4-7H,3,8-10H2,1-2H3,(H2,22,23,24). The van der Waals surface area contributed by atoms with Gasteiger partial charge in [0.05, 0.1) is 30.3 Å². The van der Waals surface area contributed by atoms with Crippen LogP contribution in [0, 0.1) is 6.92 Å². The van der Waals surface area contributed by atoms with E-state index >= 15 is 0 Å². The molecule has 0 saturated heterocycles. The van der Waals surface area contributed by atoms with Crippen molar-refractivity contribution >= 4 is 39.8 Å². The van der Waals surface area contributed by atoms with Crippen LogP contribution in [-0.4, -0.2) is 43.5 Å². The summed E-state index contributed by atoms with van der Waals surface area (Å²) in [7, 11) is 0. The lowest BCUT2D eigenvalue weighted by molar-refractivity contribution is -0.145. The predicted molar refractivity (Wildman–Crippen MR) is 115 cm³/mol. The van der Waals surface area contributed by atoms with E-state index in [1.165, 1.54) is 0 Å². The van der Waals surface area contributed by atoms with Crippen LogP contribution >= 0.6 is 0 Å². The molecule has 0 aliphatic heterocycles. The summed E-state index contributed by atoms with van der Waals surface area (Å²) in [5, 5.41) is 8.46. The molecule has 170 valence electrons. The minimum absolute atomic E-state index is 0.00217. The predicted octanol–water partition coefficient (Wildman–Crippen LogP) is 1.53. The van der Waals surface area contributed by atoms with E-state index < -0.39 is 11.9 Å². The maximum Gasteiger partial charge on any atom is 0.342 e. The van der Waals surface area contributed by atoms with Gasteiger partial charge in [0, 0.05) is 0 Å². The van der Waals surface area contributed by atoms with E-state index in [9.17, 15) is 14.4 Å². The maximum absolute atomic E-state index is 12.4. The molecule has 0 spiro atoms. The van der Waals surface area contributed by atoms with Gasteiger partial charge in [-0.1, -0.05) is 17.3 Å². The molecule has 1 aromatic carbocycles. The molecule has 0 atom stereocenters. The Kier molecular flexibility index (Phi) is 5.98. The van der Waals surface area contributed by atoms with Gasteiger partial charge in [-0.05, 0) is 26.0 Å². The number of nitrogens with two attached hydrogens (primary N) is 1. The van der Waals surface area contributed by atoms with E-state index in [2.05, 4.69) is 20.3 Å². The van der Waals surface area contributed by atoms with E-state index in [0.29, 0.717) is 16.7 Å². The number of fused-ring (bicyclic) bond motifs is 2. The van der Waals surface area contributed by atoms with Gasteiger partial charge in [0.2, 0.25) is 5.71 Å². The van der Waals surface area contributed by atoms with E-state index in [0.717, 1.165) is 4.68 Å². The highest BCUT2D eigenvalue weighted by atomic mass is 16.5. The first kappa shape index (κ1) is 21.9. The molecule has 33 heavy (non-hydrogen) atoms. The zero-order valence-corrected chi connectivity index (χ0v) is 17.9. The number of aryl methyl sites for hydroxylation is 2. The molecule has 0 bridgehead atoms. The third kappa shape index (κ3) is 4.35. The van der Waals surface area contributed by atoms with Gasteiger partial charge in [0.25, 0.3) is 5.56 Å². The molecule has 0 saturated carbocycles. The molecule has 2 N–H and O–H groups in total. The number of aromatic nitrogens is 5. The Hall–Kier alpha value is -4.35. The van der Waals surface area contributed by atoms with Crippen molar-refractivity contribution in [1.29, 1.82) is 0 Å². The number of furan rings is 1. The van der Waals surface area contributed by atoms with Gasteiger partial charge in [0.1, 0.15) is 22.7 Å². The number of benzene rings is 1. The summed E-state index contributed by atoms with van der Waals surface area (Å²) in [6.07, 6.45) is -0.114. The monoisotopic (exact) mass is 452 g/mol. The lowest BCUT2D eigenvalue weighted by atomic mass is 10.2. The average molecular weight is 452 g/mol. The molecule has 0 amide bonds. The van der Waals surface area contributed by atoms with Crippen molar-refractivity contribution < 1.29 is 23.5 Å². The highest BCUT2D eigenvalue weighted by molar-refractivity contribution is 6.07. The molecule has 0 radical (unpaired) electrons. The average Bonchev–Trinajstić information content (AvgIpc) is 3.14. The zero-order valence-electron chi connectivity index (χ0n) is 17.9. The van der Waals surface area contributed by atoms with Crippen molar-refractivity contribution in [3.63, 3.8) is 0 Å². The number of ether oxygens (including phenoxy) is 2. The Bertz CT molecular complexity index is 1430. The van der Waals surface area contributed by atoms with Crippen LogP contribution in [0.1, 0.15) is 35.3 Å². The van der Waals surface area contributed by atoms with Gasteiger partial charge < -0.3 is 19.6 Å². The summed E-state index contributed by atoms with van der Waals surface area (Å²) >= 11 is 0. The Labute approximate surface area is 186 Å². The molecule has 4 aromatic rings. The Morgan fingerprint density at radius 1 is 1.18 bits per heavy atom. The van der Waals surface area contributed by atoms with Crippen LogP contribution in [0.4, 0.5) is 5.82 Å². The fourth-order valence-corrected chi connectivity index (χ4v) is 3.28. The second-order valence-corrected chi connectivity index (χ2v) is 7.00. The van der Waals surface area contributed by atoms with Gasteiger partial charge in [0.15, 0.2) is 12.4 Å². The Morgan fingerprint density at radius 2 is 1.97 bits per heavy atom.